The van der Waals surface area contributed by atoms with Crippen molar-refractivity contribution in [1.29, 1.82) is 0 Å². The van der Waals surface area contributed by atoms with Crippen LogP contribution in [-0.2, 0) is 16.1 Å². The maximum Gasteiger partial charge on any atom is 0.289 e. The highest BCUT2D eigenvalue weighted by Gasteiger charge is 2.31. The maximum atomic E-state index is 12.2. The first-order chi connectivity index (χ1) is 12.4. The Morgan fingerprint density at radius 3 is 2.65 bits per heavy atom. The Hall–Kier alpha value is -2.50. The van der Waals surface area contributed by atoms with E-state index in [1.54, 1.807) is 12.1 Å². The first-order valence-electron chi connectivity index (χ1n) is 7.87. The van der Waals surface area contributed by atoms with Gasteiger partial charge in [-0.05, 0) is 29.3 Å². The lowest BCUT2D eigenvalue weighted by Crippen LogP contribution is -2.27. The average molecular weight is 391 g/mol. The number of carbonyl (C=O) groups is 2. The summed E-state index contributed by atoms with van der Waals surface area (Å²) >= 11 is 12.2. The quantitative estimate of drug-likeness (QED) is 0.838. The summed E-state index contributed by atoms with van der Waals surface area (Å²) in [6.45, 7) is 0.351. The summed E-state index contributed by atoms with van der Waals surface area (Å²) in [5, 5.41) is 13.6. The Kier molecular flexibility index (Phi) is 5.20. The SMILES string of the molecule is CN1CC(C(=O)NCc2cccc(-c3ccc(Cl)cc3Cl)c2)=C(O)C1=O. The summed E-state index contributed by atoms with van der Waals surface area (Å²) in [6.07, 6.45) is 0. The highest BCUT2D eigenvalue weighted by Crippen LogP contribution is 2.30. The predicted molar refractivity (Wildman–Crippen MR) is 101 cm³/mol. The van der Waals surface area contributed by atoms with Crippen LogP contribution in [-0.4, -0.2) is 35.4 Å². The molecule has 2 aromatic carbocycles. The van der Waals surface area contributed by atoms with Crippen LogP contribution in [0.5, 0.6) is 0 Å². The smallest absolute Gasteiger partial charge is 0.289 e. The number of halogens is 2. The third-order valence-corrected chi connectivity index (χ3v) is 4.67. The van der Waals surface area contributed by atoms with E-state index in [0.29, 0.717) is 10.0 Å². The number of aliphatic hydroxyl groups is 1. The van der Waals surface area contributed by atoms with Crippen LogP contribution in [0.4, 0.5) is 0 Å². The third kappa shape index (κ3) is 3.69. The van der Waals surface area contributed by atoms with E-state index in [1.165, 1.54) is 11.9 Å². The molecule has 1 aliphatic heterocycles. The van der Waals surface area contributed by atoms with Crippen molar-refractivity contribution in [2.45, 2.75) is 6.54 Å². The van der Waals surface area contributed by atoms with Gasteiger partial charge in [0.25, 0.3) is 11.8 Å². The van der Waals surface area contributed by atoms with E-state index >= 15 is 0 Å². The van der Waals surface area contributed by atoms with Crippen LogP contribution in [0.25, 0.3) is 11.1 Å². The van der Waals surface area contributed by atoms with Crippen molar-refractivity contribution in [3.63, 3.8) is 0 Å². The van der Waals surface area contributed by atoms with Gasteiger partial charge in [0.15, 0.2) is 5.76 Å². The van der Waals surface area contributed by atoms with Crippen molar-refractivity contribution in [3.05, 3.63) is 69.4 Å². The molecule has 0 saturated heterocycles. The Morgan fingerprint density at radius 2 is 2.00 bits per heavy atom. The van der Waals surface area contributed by atoms with Crippen molar-refractivity contribution in [1.82, 2.24) is 10.2 Å². The summed E-state index contributed by atoms with van der Waals surface area (Å²) < 4.78 is 0. The molecule has 0 aliphatic carbocycles. The van der Waals surface area contributed by atoms with Gasteiger partial charge >= 0.3 is 0 Å². The zero-order valence-electron chi connectivity index (χ0n) is 13.9. The lowest BCUT2D eigenvalue weighted by Gasteiger charge is -2.10. The summed E-state index contributed by atoms with van der Waals surface area (Å²) in [7, 11) is 1.53. The van der Waals surface area contributed by atoms with Crippen molar-refractivity contribution in [3.8, 4) is 11.1 Å². The molecule has 0 aromatic heterocycles. The molecule has 0 radical (unpaired) electrons. The molecule has 1 heterocycles. The van der Waals surface area contributed by atoms with E-state index in [4.69, 9.17) is 23.2 Å². The minimum atomic E-state index is -0.547. The van der Waals surface area contributed by atoms with Crippen LogP contribution in [0.2, 0.25) is 10.0 Å². The fourth-order valence-corrected chi connectivity index (χ4v) is 3.25. The first-order valence-corrected chi connectivity index (χ1v) is 8.62. The summed E-state index contributed by atoms with van der Waals surface area (Å²) in [5.74, 6) is -1.50. The number of nitrogens with one attached hydrogen (secondary N) is 1. The van der Waals surface area contributed by atoms with Gasteiger partial charge in [0, 0.05) is 29.2 Å². The Bertz CT molecular complexity index is 925. The molecule has 5 nitrogen and oxygen atoms in total. The normalized spacial score (nSPS) is 14.1. The molecule has 0 spiro atoms. The van der Waals surface area contributed by atoms with E-state index < -0.39 is 17.6 Å². The van der Waals surface area contributed by atoms with Gasteiger partial charge in [-0.1, -0.05) is 47.5 Å². The van der Waals surface area contributed by atoms with Crippen molar-refractivity contribution in [2.75, 3.05) is 13.6 Å². The standard InChI is InChI=1S/C19H16Cl2N2O3/c1-23-10-15(17(24)19(23)26)18(25)22-9-11-3-2-4-12(7-11)14-6-5-13(20)8-16(14)21/h2-8,24H,9-10H2,1H3,(H,22,25). The molecule has 0 atom stereocenters. The number of aliphatic hydroxyl groups excluding tert-OH is 1. The third-order valence-electron chi connectivity index (χ3n) is 4.13. The van der Waals surface area contributed by atoms with Gasteiger partial charge in [-0.15, -0.1) is 0 Å². The topological polar surface area (TPSA) is 69.6 Å². The molecule has 1 aliphatic rings. The second kappa shape index (κ2) is 7.40. The summed E-state index contributed by atoms with van der Waals surface area (Å²) in [4.78, 5) is 25.1. The van der Waals surface area contributed by atoms with E-state index in [0.717, 1.165) is 16.7 Å². The van der Waals surface area contributed by atoms with Crippen LogP contribution in [0, 0.1) is 0 Å². The average Bonchev–Trinajstić information content (AvgIpc) is 2.87. The van der Waals surface area contributed by atoms with E-state index in [2.05, 4.69) is 5.32 Å². The molecule has 0 saturated carbocycles. The second-order valence-electron chi connectivity index (χ2n) is 6.00. The Morgan fingerprint density at radius 1 is 1.23 bits per heavy atom. The lowest BCUT2D eigenvalue weighted by atomic mass is 10.0. The molecule has 2 N–H and O–H groups in total. The number of carbonyl (C=O) groups excluding carboxylic acids is 2. The number of likely N-dealkylation sites (N-methyl/N-ethyl adjacent to an activating group) is 1. The highest BCUT2D eigenvalue weighted by atomic mass is 35.5. The predicted octanol–water partition coefficient (Wildman–Crippen LogP) is 3.56. The van der Waals surface area contributed by atoms with Gasteiger partial charge in [0.2, 0.25) is 0 Å². The second-order valence-corrected chi connectivity index (χ2v) is 6.84. The van der Waals surface area contributed by atoms with Gasteiger partial charge in [0.05, 0.1) is 12.1 Å². The number of hydrogen-bond donors (Lipinski definition) is 2. The number of rotatable bonds is 4. The zero-order valence-corrected chi connectivity index (χ0v) is 15.4. The van der Waals surface area contributed by atoms with Gasteiger partial charge in [-0.2, -0.15) is 0 Å². The Balaban J connectivity index is 1.74. The molecule has 7 heteroatoms. The molecule has 3 rings (SSSR count). The molecule has 2 aromatic rings. The van der Waals surface area contributed by atoms with E-state index in [9.17, 15) is 14.7 Å². The van der Waals surface area contributed by atoms with Gasteiger partial charge in [-0.25, -0.2) is 0 Å². The van der Waals surface area contributed by atoms with Gasteiger partial charge in [0.1, 0.15) is 0 Å². The molecule has 0 unspecified atom stereocenters. The molecule has 134 valence electrons. The molecular weight excluding hydrogens is 375 g/mol. The van der Waals surface area contributed by atoms with Crippen LogP contribution in [0.15, 0.2) is 53.8 Å². The van der Waals surface area contributed by atoms with Crippen molar-refractivity contribution in [2.24, 2.45) is 0 Å². The highest BCUT2D eigenvalue weighted by molar-refractivity contribution is 6.36. The van der Waals surface area contributed by atoms with Crippen LogP contribution in [0.3, 0.4) is 0 Å². The Labute approximate surface area is 160 Å². The first kappa shape index (κ1) is 18.3. The van der Waals surface area contributed by atoms with Crippen LogP contribution >= 0.6 is 23.2 Å². The molecular formula is C19H16Cl2N2O3. The fourth-order valence-electron chi connectivity index (χ4n) is 2.73. The maximum absolute atomic E-state index is 12.2. The fraction of sp³-hybridized carbons (Fsp3) is 0.158. The van der Waals surface area contributed by atoms with Crippen molar-refractivity contribution >= 4 is 35.0 Å². The number of benzene rings is 2. The molecule has 26 heavy (non-hydrogen) atoms. The number of nitrogens with zero attached hydrogens (tertiary/aromatic N) is 1. The summed E-state index contributed by atoms with van der Waals surface area (Å²) in [5.41, 5.74) is 2.68. The van der Waals surface area contributed by atoms with E-state index in [-0.39, 0.29) is 18.7 Å². The van der Waals surface area contributed by atoms with Crippen LogP contribution < -0.4 is 5.32 Å². The molecule has 0 bridgehead atoms. The molecule has 2 amide bonds. The minimum Gasteiger partial charge on any atom is -0.503 e. The zero-order chi connectivity index (χ0) is 18.8. The van der Waals surface area contributed by atoms with Crippen molar-refractivity contribution < 1.29 is 14.7 Å². The molecule has 0 fully saturated rings. The minimum absolute atomic E-state index is 0.0781. The van der Waals surface area contributed by atoms with Gasteiger partial charge in [-0.3, -0.25) is 9.59 Å². The van der Waals surface area contributed by atoms with Crippen LogP contribution in [0.1, 0.15) is 5.56 Å². The number of hydrogen-bond acceptors (Lipinski definition) is 3. The monoisotopic (exact) mass is 390 g/mol. The number of amides is 2. The van der Waals surface area contributed by atoms with E-state index in [1.807, 2.05) is 30.3 Å². The lowest BCUT2D eigenvalue weighted by molar-refractivity contribution is -0.126. The largest absolute Gasteiger partial charge is 0.503 e. The van der Waals surface area contributed by atoms with Gasteiger partial charge < -0.3 is 15.3 Å². The summed E-state index contributed by atoms with van der Waals surface area (Å²) in [6, 6.07) is 12.8.